The van der Waals surface area contributed by atoms with E-state index in [9.17, 15) is 9.59 Å². The van der Waals surface area contributed by atoms with Crippen LogP contribution in [-0.4, -0.2) is 35.4 Å². The van der Waals surface area contributed by atoms with Crippen LogP contribution >= 0.6 is 31.9 Å². The first-order valence-electron chi connectivity index (χ1n) is 10.5. The number of carbonyl (C=O) groups excluding carboxylic acids is 2. The molecule has 0 aliphatic heterocycles. The Bertz CT molecular complexity index is 887. The number of halogens is 2. The molecule has 1 N–H and O–H groups in total. The second-order valence-corrected chi connectivity index (χ2v) is 9.32. The minimum absolute atomic E-state index is 0.0452. The maximum Gasteiger partial charge on any atom is 0.261 e. The van der Waals surface area contributed by atoms with Crippen molar-refractivity contribution in [2.45, 2.75) is 59.2 Å². The van der Waals surface area contributed by atoms with Gasteiger partial charge in [0, 0.05) is 17.1 Å². The summed E-state index contributed by atoms with van der Waals surface area (Å²) in [5.74, 6) is 0.181. The Morgan fingerprint density at radius 3 is 2.26 bits per heavy atom. The number of nitrogens with one attached hydrogen (secondary N) is 1. The largest absolute Gasteiger partial charge is 0.483 e. The molecule has 0 spiro atoms. The van der Waals surface area contributed by atoms with Gasteiger partial charge < -0.3 is 15.0 Å². The third kappa shape index (κ3) is 7.65. The highest BCUT2D eigenvalue weighted by Crippen LogP contribution is 2.26. The number of rotatable bonds is 10. The smallest absolute Gasteiger partial charge is 0.261 e. The second kappa shape index (κ2) is 12.2. The van der Waals surface area contributed by atoms with Gasteiger partial charge in [0.25, 0.3) is 5.91 Å². The predicted octanol–water partition coefficient (Wildman–Crippen LogP) is 5.48. The zero-order valence-corrected chi connectivity index (χ0v) is 21.6. The lowest BCUT2D eigenvalue weighted by Crippen LogP contribution is -2.50. The van der Waals surface area contributed by atoms with Gasteiger partial charge in [-0.1, -0.05) is 48.0 Å². The minimum atomic E-state index is -0.625. The van der Waals surface area contributed by atoms with Crippen LogP contribution < -0.4 is 10.1 Å². The van der Waals surface area contributed by atoms with Crippen molar-refractivity contribution in [1.29, 1.82) is 0 Å². The summed E-state index contributed by atoms with van der Waals surface area (Å²) in [6, 6.07) is 13.0. The minimum Gasteiger partial charge on any atom is -0.483 e. The molecule has 0 fully saturated rings. The highest BCUT2D eigenvalue weighted by atomic mass is 79.9. The molecule has 0 radical (unpaired) electrons. The van der Waals surface area contributed by atoms with E-state index < -0.39 is 6.04 Å². The van der Waals surface area contributed by atoms with Gasteiger partial charge in [-0.05, 0) is 78.0 Å². The van der Waals surface area contributed by atoms with Gasteiger partial charge in [0.2, 0.25) is 5.91 Å². The van der Waals surface area contributed by atoms with Crippen molar-refractivity contribution in [2.24, 2.45) is 0 Å². The van der Waals surface area contributed by atoms with Crippen LogP contribution in [0.4, 0.5) is 0 Å². The van der Waals surface area contributed by atoms with Gasteiger partial charge in [-0.2, -0.15) is 0 Å². The number of ether oxygens (including phenoxy) is 1. The van der Waals surface area contributed by atoms with Crippen molar-refractivity contribution in [2.75, 3.05) is 6.61 Å². The normalized spacial score (nSPS) is 12.7. The van der Waals surface area contributed by atoms with Gasteiger partial charge in [-0.3, -0.25) is 9.59 Å². The molecule has 0 saturated heterocycles. The molecule has 7 heteroatoms. The molecular weight excluding hydrogens is 524 g/mol. The number of amides is 2. The molecule has 31 heavy (non-hydrogen) atoms. The predicted molar refractivity (Wildman–Crippen MR) is 131 cm³/mol. The van der Waals surface area contributed by atoms with Crippen molar-refractivity contribution >= 4 is 43.7 Å². The highest BCUT2D eigenvalue weighted by molar-refractivity contribution is 9.10. The molecule has 0 bridgehead atoms. The van der Waals surface area contributed by atoms with Gasteiger partial charge >= 0.3 is 0 Å². The van der Waals surface area contributed by atoms with Crippen LogP contribution in [0.5, 0.6) is 5.75 Å². The monoisotopic (exact) mass is 552 g/mol. The summed E-state index contributed by atoms with van der Waals surface area (Å²) in [7, 11) is 0. The third-order valence-electron chi connectivity index (χ3n) is 5.19. The summed E-state index contributed by atoms with van der Waals surface area (Å²) in [5.41, 5.74) is 2.12. The lowest BCUT2D eigenvalue weighted by atomic mass is 10.1. The SMILES string of the molecule is CCc1ccc(OCC(=O)N(Cc2ccc(Br)cc2)[C@H](C)C(=O)N[C@@H](C)CC)c(Br)c1. The summed E-state index contributed by atoms with van der Waals surface area (Å²) in [5, 5.41) is 2.97. The summed E-state index contributed by atoms with van der Waals surface area (Å²) in [6.45, 7) is 7.96. The molecule has 2 atom stereocenters. The van der Waals surface area contributed by atoms with Crippen molar-refractivity contribution in [1.82, 2.24) is 10.2 Å². The van der Waals surface area contributed by atoms with Crippen molar-refractivity contribution in [3.63, 3.8) is 0 Å². The molecule has 0 unspecified atom stereocenters. The quantitative estimate of drug-likeness (QED) is 0.423. The van der Waals surface area contributed by atoms with Gasteiger partial charge in [0.1, 0.15) is 11.8 Å². The van der Waals surface area contributed by atoms with Gasteiger partial charge in [0.05, 0.1) is 4.47 Å². The average molecular weight is 554 g/mol. The summed E-state index contributed by atoms with van der Waals surface area (Å²) in [6.07, 6.45) is 1.74. The van der Waals surface area contributed by atoms with Crippen LogP contribution in [0.15, 0.2) is 51.4 Å². The third-order valence-corrected chi connectivity index (χ3v) is 6.34. The number of benzene rings is 2. The average Bonchev–Trinajstić information content (AvgIpc) is 2.76. The molecule has 5 nitrogen and oxygen atoms in total. The number of nitrogens with zero attached hydrogens (tertiary/aromatic N) is 1. The number of aryl methyl sites for hydroxylation is 1. The fourth-order valence-electron chi connectivity index (χ4n) is 2.94. The van der Waals surface area contributed by atoms with E-state index in [4.69, 9.17) is 4.74 Å². The lowest BCUT2D eigenvalue weighted by Gasteiger charge is -2.29. The maximum absolute atomic E-state index is 13.1. The molecule has 2 rings (SSSR count). The molecule has 0 aliphatic carbocycles. The second-order valence-electron chi connectivity index (χ2n) is 7.55. The van der Waals surface area contributed by atoms with Crippen molar-refractivity contribution in [3.05, 3.63) is 62.5 Å². The Morgan fingerprint density at radius 2 is 1.68 bits per heavy atom. The Kier molecular flexibility index (Phi) is 10.0. The van der Waals surface area contributed by atoms with E-state index in [0.717, 1.165) is 27.4 Å². The zero-order chi connectivity index (χ0) is 23.0. The fraction of sp³-hybridized carbons (Fsp3) is 0.417. The molecule has 2 aromatic rings. The van der Waals surface area contributed by atoms with Crippen molar-refractivity contribution < 1.29 is 14.3 Å². The molecule has 0 saturated carbocycles. The van der Waals surface area contributed by atoms with Crippen LogP contribution in [0.3, 0.4) is 0 Å². The number of hydrogen-bond acceptors (Lipinski definition) is 3. The summed E-state index contributed by atoms with van der Waals surface area (Å²) >= 11 is 6.93. The molecule has 2 amide bonds. The molecule has 2 aromatic carbocycles. The molecular formula is C24H30Br2N2O3. The Morgan fingerprint density at radius 1 is 1.03 bits per heavy atom. The van der Waals surface area contributed by atoms with E-state index in [2.05, 4.69) is 44.1 Å². The highest BCUT2D eigenvalue weighted by Gasteiger charge is 2.27. The lowest BCUT2D eigenvalue weighted by molar-refractivity contribution is -0.142. The Balaban J connectivity index is 2.16. The molecule has 0 aromatic heterocycles. The topological polar surface area (TPSA) is 58.6 Å². The van der Waals surface area contributed by atoms with E-state index in [1.807, 2.05) is 56.3 Å². The maximum atomic E-state index is 13.1. The van der Waals surface area contributed by atoms with E-state index >= 15 is 0 Å². The molecule has 0 aliphatic rings. The van der Waals surface area contributed by atoms with Gasteiger partial charge in [-0.25, -0.2) is 0 Å². The summed E-state index contributed by atoms with van der Waals surface area (Å²) in [4.78, 5) is 27.4. The van der Waals surface area contributed by atoms with Crippen LogP contribution in [-0.2, 0) is 22.6 Å². The van der Waals surface area contributed by atoms with Crippen LogP contribution in [0.2, 0.25) is 0 Å². The summed E-state index contributed by atoms with van der Waals surface area (Å²) < 4.78 is 7.56. The van der Waals surface area contributed by atoms with Crippen LogP contribution in [0, 0.1) is 0 Å². The van der Waals surface area contributed by atoms with Gasteiger partial charge in [0.15, 0.2) is 6.61 Å². The van der Waals surface area contributed by atoms with E-state index in [0.29, 0.717) is 12.3 Å². The zero-order valence-electron chi connectivity index (χ0n) is 18.5. The number of carbonyl (C=O) groups is 2. The van der Waals surface area contributed by atoms with Crippen LogP contribution in [0.1, 0.15) is 45.2 Å². The molecule has 0 heterocycles. The Labute approximate surface area is 201 Å². The first-order chi connectivity index (χ1) is 14.7. The first-order valence-corrected chi connectivity index (χ1v) is 12.1. The van der Waals surface area contributed by atoms with Gasteiger partial charge in [-0.15, -0.1) is 0 Å². The van der Waals surface area contributed by atoms with Crippen molar-refractivity contribution in [3.8, 4) is 5.75 Å². The van der Waals surface area contributed by atoms with E-state index in [-0.39, 0.29) is 24.5 Å². The fourth-order valence-corrected chi connectivity index (χ4v) is 3.74. The molecule has 168 valence electrons. The van der Waals surface area contributed by atoms with E-state index in [1.165, 1.54) is 5.56 Å². The standard InChI is InChI=1S/C24H30Br2N2O3/c1-5-16(3)27-24(30)17(4)28(14-19-7-10-20(25)11-8-19)23(29)15-31-22-12-9-18(6-2)13-21(22)26/h7-13,16-17H,5-6,14-15H2,1-4H3,(H,27,30)/t16-,17+/m0/s1. The number of hydrogen-bond donors (Lipinski definition) is 1. The Hall–Kier alpha value is -1.86. The van der Waals surface area contributed by atoms with E-state index in [1.54, 1.807) is 11.8 Å². The van der Waals surface area contributed by atoms with Crippen LogP contribution in [0.25, 0.3) is 0 Å². The first kappa shape index (κ1) is 25.4.